The van der Waals surface area contributed by atoms with Crippen molar-refractivity contribution in [3.63, 3.8) is 0 Å². The van der Waals surface area contributed by atoms with Crippen LogP contribution < -0.4 is 10.2 Å². The molecular weight excluding hydrogens is 853 g/mol. The first-order valence-electron chi connectivity index (χ1n) is 18.6. The number of halogens is 3. The summed E-state index contributed by atoms with van der Waals surface area (Å²) in [5.41, 5.74) is 2.69. The Morgan fingerprint density at radius 3 is 2.57 bits per heavy atom. The van der Waals surface area contributed by atoms with Gasteiger partial charge < -0.3 is 30.2 Å². The number of hydrogen-bond acceptors (Lipinski definition) is 12. The van der Waals surface area contributed by atoms with E-state index in [2.05, 4.69) is 34.0 Å². The molecule has 7 rings (SSSR count). The number of benzene rings is 3. The van der Waals surface area contributed by atoms with Crippen LogP contribution in [0.4, 0.5) is 4.39 Å². The molecule has 0 radical (unpaired) electrons. The Morgan fingerprint density at radius 2 is 1.88 bits per heavy atom. The molecule has 58 heavy (non-hydrogen) atoms. The molecule has 4 heterocycles. The van der Waals surface area contributed by atoms with E-state index < -0.39 is 16.2 Å². The maximum absolute atomic E-state index is 14.7. The Hall–Kier alpha value is -3.49. The third-order valence-electron chi connectivity index (χ3n) is 10.1. The van der Waals surface area contributed by atoms with Crippen molar-refractivity contribution in [1.82, 2.24) is 25.1 Å². The number of aromatic amines is 1. The van der Waals surface area contributed by atoms with Crippen LogP contribution in [0.25, 0.3) is 10.2 Å². The van der Waals surface area contributed by atoms with Gasteiger partial charge in [0.2, 0.25) is 0 Å². The van der Waals surface area contributed by atoms with Gasteiger partial charge in [-0.3, -0.25) is 19.0 Å². The van der Waals surface area contributed by atoms with Crippen molar-refractivity contribution in [1.29, 1.82) is 0 Å². The Bertz CT molecular complexity index is 2420. The van der Waals surface area contributed by atoms with Crippen LogP contribution in [-0.2, 0) is 27.8 Å². The quantitative estimate of drug-likeness (QED) is 0.0709. The highest BCUT2D eigenvalue weighted by molar-refractivity contribution is 7.86. The number of carbonyl (C=O) groups excluding carboxylic acids is 1. The number of aliphatic hydroxyl groups excluding tert-OH is 1. The SMILES string of the molecule is CC(C)c1nc(C(=O)N2CCOC3(CCN(Cc4ccc(F)c(CCNC[C@H](O)c5ccc(O)c6[nH]c(=O)sc56)c4)CC3)C2)cs1.O=S(=O)(O)c1cc(Cl)ccc1Cl. The number of fused-ring (bicyclic) bond motifs is 1. The Balaban J connectivity index is 0.000000406. The monoisotopic (exact) mass is 895 g/mol. The zero-order valence-electron chi connectivity index (χ0n) is 31.7. The summed E-state index contributed by atoms with van der Waals surface area (Å²) in [7, 11) is -4.27. The van der Waals surface area contributed by atoms with Crippen LogP contribution in [-0.4, -0.2) is 100 Å². The second-order valence-electron chi connectivity index (χ2n) is 14.6. The van der Waals surface area contributed by atoms with Crippen molar-refractivity contribution in [2.45, 2.75) is 62.2 Å². The molecule has 3 aromatic carbocycles. The number of ether oxygens (including phenoxy) is 1. The minimum Gasteiger partial charge on any atom is -0.506 e. The number of nitrogens with zero attached hydrogens (tertiary/aromatic N) is 3. The van der Waals surface area contributed by atoms with Gasteiger partial charge >= 0.3 is 4.87 Å². The average Bonchev–Trinajstić information content (AvgIpc) is 3.84. The van der Waals surface area contributed by atoms with Gasteiger partial charge in [-0.2, -0.15) is 8.42 Å². The van der Waals surface area contributed by atoms with Gasteiger partial charge in [0.25, 0.3) is 16.0 Å². The minimum absolute atomic E-state index is 0.0206. The van der Waals surface area contributed by atoms with Crippen LogP contribution in [0.5, 0.6) is 5.75 Å². The normalized spacial score (nSPS) is 16.4. The van der Waals surface area contributed by atoms with Gasteiger partial charge in [0.05, 0.1) is 39.6 Å². The smallest absolute Gasteiger partial charge is 0.305 e. The molecule has 0 saturated carbocycles. The fraction of sp³-hybridized carbons (Fsp3) is 0.410. The number of nitrogens with one attached hydrogen (secondary N) is 2. The molecule has 312 valence electrons. The highest BCUT2D eigenvalue weighted by atomic mass is 35.5. The van der Waals surface area contributed by atoms with Crippen molar-refractivity contribution in [2.24, 2.45) is 0 Å². The highest BCUT2D eigenvalue weighted by Crippen LogP contribution is 2.33. The Kier molecular flexibility index (Phi) is 14.3. The van der Waals surface area contributed by atoms with Crippen LogP contribution in [0.1, 0.15) is 70.9 Å². The standard InChI is InChI=1S/C33H40FN5O5S2.C6H4Cl2O3S/c1-20(2)30-36-25(18-45-30)31(42)39-13-14-44-33(19-39)8-11-38(12-9-33)17-21-3-5-24(34)22(15-21)7-10-35-16-27(41)23-4-6-26(40)28-29(23)46-32(43)37-28;7-4-1-2-5(8)6(3-4)12(9,10)11/h3-6,15,18,20,27,35,40-41H,7-14,16-17,19H2,1-2H3,(H,37,43);1-3H,(H,9,10,11)/t27-;/m0./s1. The van der Waals surface area contributed by atoms with Gasteiger partial charge in [-0.15, -0.1) is 11.3 Å². The summed E-state index contributed by atoms with van der Waals surface area (Å²) < 4.78 is 51.4. The van der Waals surface area contributed by atoms with Crippen molar-refractivity contribution < 1.29 is 37.1 Å². The molecule has 1 atom stereocenters. The van der Waals surface area contributed by atoms with Gasteiger partial charge in [0, 0.05) is 54.6 Å². The van der Waals surface area contributed by atoms with Crippen molar-refractivity contribution in [2.75, 3.05) is 45.9 Å². The lowest BCUT2D eigenvalue weighted by Crippen LogP contribution is -2.58. The number of phenols is 1. The van der Waals surface area contributed by atoms with E-state index in [-0.39, 0.29) is 49.4 Å². The largest absolute Gasteiger partial charge is 0.506 e. The summed E-state index contributed by atoms with van der Waals surface area (Å²) in [6, 6.07) is 12.1. The van der Waals surface area contributed by atoms with E-state index in [4.69, 9.17) is 32.5 Å². The fourth-order valence-electron chi connectivity index (χ4n) is 6.98. The number of carbonyl (C=O) groups is 1. The zero-order valence-corrected chi connectivity index (χ0v) is 35.7. The molecule has 2 aliphatic rings. The molecule has 0 bridgehead atoms. The Labute approximate surface area is 353 Å². The summed E-state index contributed by atoms with van der Waals surface area (Å²) in [5, 5.41) is 26.9. The topological polar surface area (TPSA) is 185 Å². The molecule has 13 nitrogen and oxygen atoms in total. The summed E-state index contributed by atoms with van der Waals surface area (Å²) in [5.74, 6) is -0.0234. The molecule has 0 aliphatic carbocycles. The predicted octanol–water partition coefficient (Wildman–Crippen LogP) is 6.63. The number of hydrogen-bond donors (Lipinski definition) is 5. The average molecular weight is 897 g/mol. The first-order chi connectivity index (χ1) is 27.5. The van der Waals surface area contributed by atoms with Crippen molar-refractivity contribution >= 4 is 72.1 Å². The molecule has 5 N–H and O–H groups in total. The van der Waals surface area contributed by atoms with E-state index in [0.717, 1.165) is 53.9 Å². The molecule has 0 unspecified atom stereocenters. The van der Waals surface area contributed by atoms with Gasteiger partial charge in [0.15, 0.2) is 0 Å². The van der Waals surface area contributed by atoms with E-state index >= 15 is 0 Å². The molecule has 2 fully saturated rings. The summed E-state index contributed by atoms with van der Waals surface area (Å²) in [6.45, 7) is 8.84. The number of piperidine rings is 1. The molecule has 1 spiro atoms. The van der Waals surface area contributed by atoms with Gasteiger partial charge in [-0.1, -0.05) is 66.6 Å². The van der Waals surface area contributed by atoms with E-state index in [1.165, 1.54) is 35.6 Å². The summed E-state index contributed by atoms with van der Waals surface area (Å²) >= 11 is 13.5. The predicted molar refractivity (Wildman–Crippen MR) is 224 cm³/mol. The third kappa shape index (κ3) is 10.8. The van der Waals surface area contributed by atoms with E-state index in [1.807, 2.05) is 22.4 Å². The summed E-state index contributed by atoms with van der Waals surface area (Å²) in [6.07, 6.45) is 1.20. The number of rotatable bonds is 11. The molecule has 2 saturated heterocycles. The lowest BCUT2D eigenvalue weighted by Gasteiger charge is -2.47. The number of amides is 1. The summed E-state index contributed by atoms with van der Waals surface area (Å²) in [4.78, 5) is 35.7. The molecular formula is C39H44Cl2FN5O8S3. The van der Waals surface area contributed by atoms with Crippen LogP contribution in [0.2, 0.25) is 10.0 Å². The maximum atomic E-state index is 14.7. The van der Waals surface area contributed by atoms with Crippen molar-refractivity contribution in [3.05, 3.63) is 107 Å². The third-order valence-corrected chi connectivity index (χ3v) is 13.7. The van der Waals surface area contributed by atoms with Gasteiger partial charge in [-0.25, -0.2) is 9.37 Å². The number of aliphatic hydroxyl groups is 1. The first kappa shape index (κ1) is 44.1. The number of likely N-dealkylation sites (tertiary alicyclic amines) is 1. The number of aromatic nitrogens is 2. The van der Waals surface area contributed by atoms with Gasteiger partial charge in [0.1, 0.15) is 27.7 Å². The Morgan fingerprint density at radius 1 is 1.12 bits per heavy atom. The maximum Gasteiger partial charge on any atom is 0.305 e. The molecule has 2 aliphatic heterocycles. The lowest BCUT2D eigenvalue weighted by atomic mass is 9.89. The number of morpholine rings is 1. The molecule has 1 amide bonds. The van der Waals surface area contributed by atoms with Crippen molar-refractivity contribution in [3.8, 4) is 5.75 Å². The zero-order chi connectivity index (χ0) is 41.8. The molecule has 19 heteroatoms. The van der Waals surface area contributed by atoms with Crippen LogP contribution in [0.3, 0.4) is 0 Å². The number of thiazole rings is 2. The van der Waals surface area contributed by atoms with E-state index in [0.29, 0.717) is 72.2 Å². The molecule has 2 aromatic heterocycles. The number of H-pyrrole nitrogens is 1. The van der Waals surface area contributed by atoms with E-state index in [1.54, 1.807) is 6.07 Å². The van der Waals surface area contributed by atoms with E-state index in [9.17, 15) is 32.6 Å². The van der Waals surface area contributed by atoms with Crippen LogP contribution >= 0.6 is 45.9 Å². The fourth-order valence-corrected chi connectivity index (χ4v) is 9.94. The minimum atomic E-state index is -4.27. The van der Waals surface area contributed by atoms with Gasteiger partial charge in [-0.05, 0) is 67.3 Å². The second kappa shape index (κ2) is 18.8. The highest BCUT2D eigenvalue weighted by Gasteiger charge is 2.41. The van der Waals surface area contributed by atoms with Crippen LogP contribution in [0.15, 0.2) is 63.6 Å². The number of phenolic OH excluding ortho intramolecular Hbond substituents is 1. The molecule has 5 aromatic rings. The first-order valence-corrected chi connectivity index (χ1v) is 22.5. The van der Waals surface area contributed by atoms with Crippen LogP contribution in [0, 0.1) is 5.82 Å². The second-order valence-corrected chi connectivity index (χ2v) is 18.7. The number of aromatic hydroxyl groups is 1. The lowest BCUT2D eigenvalue weighted by molar-refractivity contribution is -0.128.